The van der Waals surface area contributed by atoms with Gasteiger partial charge in [0.25, 0.3) is 0 Å². The molecule has 1 aromatic carbocycles. The second-order valence-electron chi connectivity index (χ2n) is 6.88. The van der Waals surface area contributed by atoms with Crippen LogP contribution in [0.3, 0.4) is 0 Å². The summed E-state index contributed by atoms with van der Waals surface area (Å²) in [6.07, 6.45) is 10.4. The molecule has 0 spiro atoms. The van der Waals surface area contributed by atoms with E-state index in [9.17, 15) is 4.79 Å². The molecule has 0 unspecified atom stereocenters. The molecule has 0 aliphatic heterocycles. The van der Waals surface area contributed by atoms with Crippen LogP contribution >= 0.6 is 27.5 Å². The van der Waals surface area contributed by atoms with Crippen molar-refractivity contribution in [1.82, 2.24) is 24.7 Å². The van der Waals surface area contributed by atoms with Crippen LogP contribution in [0, 0.1) is 6.92 Å². The monoisotopic (exact) mass is 481 g/mol. The van der Waals surface area contributed by atoms with E-state index in [0.29, 0.717) is 22.0 Å². The van der Waals surface area contributed by atoms with Crippen molar-refractivity contribution in [3.63, 3.8) is 0 Å². The molecule has 0 fully saturated rings. The smallest absolute Gasteiger partial charge is 0.170 e. The summed E-state index contributed by atoms with van der Waals surface area (Å²) in [5.74, 6) is -0.0556. The summed E-state index contributed by atoms with van der Waals surface area (Å²) in [5.41, 5.74) is 5.41. The predicted molar refractivity (Wildman–Crippen MR) is 119 cm³/mol. The number of rotatable bonds is 5. The number of benzene rings is 1. The summed E-state index contributed by atoms with van der Waals surface area (Å²) < 4.78 is 2.55. The van der Waals surface area contributed by atoms with E-state index in [1.54, 1.807) is 35.7 Å². The number of aryl methyl sites for hydroxylation is 1. The Labute approximate surface area is 187 Å². The first kappa shape index (κ1) is 20.4. The SMILES string of the molecule is Cc1c(Br)cncc1C(=O)Cc1cnc(-c2cc(-c3cnn(C)c3)ccc2Cl)cn1. The number of carbonyl (C=O) groups is 1. The molecule has 6 nitrogen and oxygen atoms in total. The van der Waals surface area contributed by atoms with E-state index in [1.807, 2.05) is 38.4 Å². The fraction of sp³-hybridized carbons (Fsp3) is 0.136. The summed E-state index contributed by atoms with van der Waals surface area (Å²) >= 11 is 9.81. The highest BCUT2D eigenvalue weighted by molar-refractivity contribution is 9.10. The van der Waals surface area contributed by atoms with Crippen LogP contribution in [0.15, 0.2) is 59.9 Å². The van der Waals surface area contributed by atoms with Gasteiger partial charge >= 0.3 is 0 Å². The molecule has 0 aliphatic rings. The maximum absolute atomic E-state index is 12.6. The van der Waals surface area contributed by atoms with Gasteiger partial charge in [-0.1, -0.05) is 17.7 Å². The summed E-state index contributed by atoms with van der Waals surface area (Å²) in [5, 5.41) is 4.79. The molecule has 30 heavy (non-hydrogen) atoms. The average Bonchev–Trinajstić information content (AvgIpc) is 3.17. The summed E-state index contributed by atoms with van der Waals surface area (Å²) in [6, 6.07) is 5.74. The number of pyridine rings is 1. The minimum absolute atomic E-state index is 0.0556. The molecule has 3 aromatic heterocycles. The van der Waals surface area contributed by atoms with Gasteiger partial charge in [0.05, 0.1) is 35.2 Å². The highest BCUT2D eigenvalue weighted by Gasteiger charge is 2.14. The molecule has 0 aliphatic carbocycles. The van der Waals surface area contributed by atoms with Crippen molar-refractivity contribution in [2.75, 3.05) is 0 Å². The molecule has 0 atom stereocenters. The summed E-state index contributed by atoms with van der Waals surface area (Å²) in [7, 11) is 1.87. The number of ketones is 1. The second-order valence-corrected chi connectivity index (χ2v) is 8.15. The standard InChI is InChI=1S/C22H17BrClN5O/c1-13-18(9-25-10-19(13)23)22(30)6-16-8-27-21(11-26-16)17-5-14(3-4-20(17)24)15-7-28-29(2)12-15/h3-5,7-12H,6H2,1-2H3. The number of carbonyl (C=O) groups excluding carboxylic acids is 1. The Bertz CT molecular complexity index is 1240. The van der Waals surface area contributed by atoms with E-state index in [0.717, 1.165) is 26.7 Å². The van der Waals surface area contributed by atoms with E-state index in [-0.39, 0.29) is 12.2 Å². The third-order valence-corrected chi connectivity index (χ3v) is 5.91. The molecule has 8 heteroatoms. The molecule has 0 saturated heterocycles. The van der Waals surface area contributed by atoms with Crippen molar-refractivity contribution in [3.05, 3.63) is 81.7 Å². The van der Waals surface area contributed by atoms with Crippen molar-refractivity contribution >= 4 is 33.3 Å². The largest absolute Gasteiger partial charge is 0.294 e. The fourth-order valence-electron chi connectivity index (χ4n) is 3.10. The van der Waals surface area contributed by atoms with Gasteiger partial charge in [-0.3, -0.25) is 24.4 Å². The molecule has 0 amide bonds. The van der Waals surface area contributed by atoms with E-state index >= 15 is 0 Å². The minimum atomic E-state index is -0.0556. The Balaban J connectivity index is 1.58. The molecular weight excluding hydrogens is 466 g/mol. The molecule has 0 saturated carbocycles. The molecule has 0 radical (unpaired) electrons. The van der Waals surface area contributed by atoms with Gasteiger partial charge < -0.3 is 0 Å². The molecule has 3 heterocycles. The third-order valence-electron chi connectivity index (χ3n) is 4.78. The first-order chi connectivity index (χ1) is 14.4. The Kier molecular flexibility index (Phi) is 5.74. The predicted octanol–water partition coefficient (Wildman–Crippen LogP) is 5.09. The Hall–Kier alpha value is -2.90. The van der Waals surface area contributed by atoms with Crippen LogP contribution in [-0.4, -0.2) is 30.5 Å². The molecule has 0 N–H and O–H groups in total. The second kappa shape index (κ2) is 8.45. The van der Waals surface area contributed by atoms with E-state index in [4.69, 9.17) is 11.6 Å². The van der Waals surface area contributed by atoms with Gasteiger partial charge in [-0.25, -0.2) is 0 Å². The van der Waals surface area contributed by atoms with Gasteiger partial charge in [-0.2, -0.15) is 5.10 Å². The Morgan fingerprint density at radius 2 is 1.93 bits per heavy atom. The number of halogens is 2. The average molecular weight is 483 g/mol. The fourth-order valence-corrected chi connectivity index (χ4v) is 3.64. The maximum Gasteiger partial charge on any atom is 0.170 e. The zero-order valence-electron chi connectivity index (χ0n) is 16.3. The first-order valence-electron chi connectivity index (χ1n) is 9.15. The van der Waals surface area contributed by atoms with Crippen LogP contribution in [0.25, 0.3) is 22.4 Å². The summed E-state index contributed by atoms with van der Waals surface area (Å²) in [6.45, 7) is 1.88. The minimum Gasteiger partial charge on any atom is -0.294 e. The van der Waals surface area contributed by atoms with Crippen LogP contribution in [0.4, 0.5) is 0 Å². The van der Waals surface area contributed by atoms with Crippen LogP contribution < -0.4 is 0 Å². The number of hydrogen-bond donors (Lipinski definition) is 0. The van der Waals surface area contributed by atoms with Gasteiger partial charge in [0.1, 0.15) is 0 Å². The number of aromatic nitrogens is 5. The quantitative estimate of drug-likeness (QED) is 0.371. The van der Waals surface area contributed by atoms with Crippen molar-refractivity contribution in [1.29, 1.82) is 0 Å². The van der Waals surface area contributed by atoms with Crippen LogP contribution in [-0.2, 0) is 13.5 Å². The highest BCUT2D eigenvalue weighted by atomic mass is 79.9. The van der Waals surface area contributed by atoms with Gasteiger partial charge in [0.15, 0.2) is 5.78 Å². The van der Waals surface area contributed by atoms with Crippen LogP contribution in [0.5, 0.6) is 0 Å². The number of Topliss-reactive ketones (excluding diaryl/α,β-unsaturated/α-hetero) is 1. The Morgan fingerprint density at radius 3 is 2.63 bits per heavy atom. The van der Waals surface area contributed by atoms with E-state index in [2.05, 4.69) is 36.0 Å². The summed E-state index contributed by atoms with van der Waals surface area (Å²) in [4.78, 5) is 25.6. The van der Waals surface area contributed by atoms with Crippen molar-refractivity contribution < 1.29 is 4.79 Å². The normalized spacial score (nSPS) is 10.9. The molecule has 150 valence electrons. The molecular formula is C22H17BrClN5O. The highest BCUT2D eigenvalue weighted by Crippen LogP contribution is 2.31. The molecule has 0 bridgehead atoms. The Morgan fingerprint density at radius 1 is 1.10 bits per heavy atom. The van der Waals surface area contributed by atoms with Crippen molar-refractivity contribution in [2.24, 2.45) is 7.05 Å². The zero-order valence-corrected chi connectivity index (χ0v) is 18.6. The van der Waals surface area contributed by atoms with Gasteiger partial charge in [-0.15, -0.1) is 0 Å². The lowest BCUT2D eigenvalue weighted by Crippen LogP contribution is -2.08. The molecule has 4 rings (SSSR count). The van der Waals surface area contributed by atoms with E-state index < -0.39 is 0 Å². The number of nitrogens with zero attached hydrogens (tertiary/aromatic N) is 5. The lowest BCUT2D eigenvalue weighted by Gasteiger charge is -2.08. The zero-order chi connectivity index (χ0) is 21.3. The van der Waals surface area contributed by atoms with Gasteiger partial charge in [-0.05, 0) is 46.1 Å². The van der Waals surface area contributed by atoms with E-state index in [1.165, 1.54) is 0 Å². The lowest BCUT2D eigenvalue weighted by atomic mass is 10.0. The lowest BCUT2D eigenvalue weighted by molar-refractivity contribution is 0.0991. The van der Waals surface area contributed by atoms with Crippen LogP contribution in [0.2, 0.25) is 5.02 Å². The maximum atomic E-state index is 12.6. The van der Waals surface area contributed by atoms with Crippen LogP contribution in [0.1, 0.15) is 21.6 Å². The molecule has 4 aromatic rings. The van der Waals surface area contributed by atoms with Crippen molar-refractivity contribution in [3.8, 4) is 22.4 Å². The number of hydrogen-bond acceptors (Lipinski definition) is 5. The van der Waals surface area contributed by atoms with Gasteiger partial charge in [0.2, 0.25) is 0 Å². The van der Waals surface area contributed by atoms with Crippen molar-refractivity contribution in [2.45, 2.75) is 13.3 Å². The topological polar surface area (TPSA) is 73.6 Å². The van der Waals surface area contributed by atoms with Gasteiger partial charge in [0, 0.05) is 53.0 Å². The third kappa shape index (κ3) is 4.17. The first-order valence-corrected chi connectivity index (χ1v) is 10.3.